The van der Waals surface area contributed by atoms with Crippen molar-refractivity contribution in [2.24, 2.45) is 4.99 Å². The lowest BCUT2D eigenvalue weighted by Crippen LogP contribution is -2.32. The van der Waals surface area contributed by atoms with Gasteiger partial charge in [0.25, 0.3) is 0 Å². The molecule has 1 aliphatic rings. The molecule has 200 valence electrons. The molecule has 1 aliphatic heterocycles. The number of hydrogen-bond acceptors (Lipinski definition) is 7. The van der Waals surface area contributed by atoms with Crippen molar-refractivity contribution >= 4 is 45.6 Å². The molecule has 0 aliphatic carbocycles. The van der Waals surface area contributed by atoms with Crippen molar-refractivity contribution < 1.29 is 32.6 Å². The highest BCUT2D eigenvalue weighted by molar-refractivity contribution is 7.89. The van der Waals surface area contributed by atoms with Gasteiger partial charge in [-0.15, -0.1) is 0 Å². The maximum absolute atomic E-state index is 12.7. The van der Waals surface area contributed by atoms with E-state index >= 15 is 0 Å². The number of alkyl carbamates (subject to hydrolysis) is 1. The zero-order valence-electron chi connectivity index (χ0n) is 21.3. The lowest BCUT2D eigenvalue weighted by Gasteiger charge is -2.19. The van der Waals surface area contributed by atoms with Gasteiger partial charge in [0.05, 0.1) is 17.1 Å². The average molecular weight is 541 g/mol. The van der Waals surface area contributed by atoms with Crippen LogP contribution in [0.1, 0.15) is 37.8 Å². The number of carbonyl (C=O) groups excluding carboxylic acids is 2. The summed E-state index contributed by atoms with van der Waals surface area (Å²) < 4.78 is 31.2. The summed E-state index contributed by atoms with van der Waals surface area (Å²) in [6.07, 6.45) is 0.809. The van der Waals surface area contributed by atoms with Crippen molar-refractivity contribution in [2.45, 2.75) is 37.2 Å². The van der Waals surface area contributed by atoms with E-state index in [4.69, 9.17) is 9.84 Å². The maximum atomic E-state index is 12.7. The SMILES string of the molecule is CN(CC(=O)O)S(=O)(=O)c1cccc(N=CC2C(=O)Nc3cccc(C#CCNC(=O)OC(C)(C)C)c32)c1. The fraction of sp³-hybridized carbons (Fsp3) is 0.308. The Hall–Kier alpha value is -4.21. The molecule has 0 aromatic heterocycles. The number of carboxylic acids is 1. The molecule has 1 unspecified atom stereocenters. The van der Waals surface area contributed by atoms with E-state index in [9.17, 15) is 22.8 Å². The largest absolute Gasteiger partial charge is 0.480 e. The fourth-order valence-electron chi connectivity index (χ4n) is 3.51. The van der Waals surface area contributed by atoms with E-state index in [1.165, 1.54) is 31.5 Å². The van der Waals surface area contributed by atoms with Crippen LogP contribution >= 0.6 is 0 Å². The first-order valence-corrected chi connectivity index (χ1v) is 12.9. The Morgan fingerprint density at radius 1 is 1.24 bits per heavy atom. The van der Waals surface area contributed by atoms with Crippen LogP contribution in [0, 0.1) is 11.8 Å². The van der Waals surface area contributed by atoms with Gasteiger partial charge in [0, 0.05) is 30.1 Å². The minimum Gasteiger partial charge on any atom is -0.480 e. The molecule has 12 heteroatoms. The molecule has 0 fully saturated rings. The van der Waals surface area contributed by atoms with Gasteiger partial charge >= 0.3 is 12.1 Å². The van der Waals surface area contributed by atoms with Gasteiger partial charge in [-0.2, -0.15) is 4.31 Å². The number of ether oxygens (including phenoxy) is 1. The highest BCUT2D eigenvalue weighted by Crippen LogP contribution is 2.34. The van der Waals surface area contributed by atoms with E-state index in [1.54, 1.807) is 45.0 Å². The summed E-state index contributed by atoms with van der Waals surface area (Å²) >= 11 is 0. The fourth-order valence-corrected chi connectivity index (χ4v) is 4.67. The molecule has 2 aromatic rings. The molecule has 2 amide bonds. The predicted octanol–water partition coefficient (Wildman–Crippen LogP) is 2.71. The first-order chi connectivity index (χ1) is 17.8. The zero-order valence-corrected chi connectivity index (χ0v) is 22.1. The van der Waals surface area contributed by atoms with Crippen molar-refractivity contribution in [1.29, 1.82) is 0 Å². The van der Waals surface area contributed by atoms with E-state index in [0.29, 0.717) is 16.8 Å². The Morgan fingerprint density at radius 3 is 2.63 bits per heavy atom. The number of carbonyl (C=O) groups is 3. The lowest BCUT2D eigenvalue weighted by molar-refractivity contribution is -0.137. The average Bonchev–Trinajstić information content (AvgIpc) is 3.14. The molecule has 0 saturated heterocycles. The number of aliphatic carboxylic acids is 1. The summed E-state index contributed by atoms with van der Waals surface area (Å²) in [5, 5.41) is 14.2. The number of amides is 2. The monoisotopic (exact) mass is 540 g/mol. The van der Waals surface area contributed by atoms with E-state index in [2.05, 4.69) is 27.5 Å². The topological polar surface area (TPSA) is 154 Å². The van der Waals surface area contributed by atoms with Crippen molar-refractivity contribution in [3.63, 3.8) is 0 Å². The third-order valence-corrected chi connectivity index (χ3v) is 6.96. The second-order valence-corrected chi connectivity index (χ2v) is 11.4. The Labute approximate surface area is 220 Å². The van der Waals surface area contributed by atoms with Gasteiger partial charge < -0.3 is 20.5 Å². The molecule has 1 atom stereocenters. The number of nitrogens with zero attached hydrogens (tertiary/aromatic N) is 2. The smallest absolute Gasteiger partial charge is 0.408 e. The van der Waals surface area contributed by atoms with Crippen LogP contribution in [0.25, 0.3) is 0 Å². The Morgan fingerprint density at radius 2 is 1.95 bits per heavy atom. The number of nitrogens with one attached hydrogen (secondary N) is 2. The third kappa shape index (κ3) is 7.18. The number of anilines is 1. The Balaban J connectivity index is 1.81. The summed E-state index contributed by atoms with van der Waals surface area (Å²) in [6.45, 7) is 4.61. The third-order valence-electron chi connectivity index (χ3n) is 5.16. The minimum absolute atomic E-state index is 0.0380. The minimum atomic E-state index is -4.05. The first-order valence-electron chi connectivity index (χ1n) is 11.5. The second-order valence-electron chi connectivity index (χ2n) is 9.32. The molecule has 11 nitrogen and oxygen atoms in total. The molecule has 0 spiro atoms. The molecule has 1 heterocycles. The molecule has 3 N–H and O–H groups in total. The number of likely N-dealkylation sites (N-methyl/N-ethyl adjacent to an activating group) is 1. The van der Waals surface area contributed by atoms with Crippen LogP contribution in [0.2, 0.25) is 0 Å². The van der Waals surface area contributed by atoms with Gasteiger partial charge in [0.2, 0.25) is 15.9 Å². The van der Waals surface area contributed by atoms with E-state index in [-0.39, 0.29) is 23.0 Å². The van der Waals surface area contributed by atoms with Crippen LogP contribution in [0.15, 0.2) is 52.4 Å². The number of rotatable bonds is 7. The van der Waals surface area contributed by atoms with Crippen LogP contribution in [-0.2, 0) is 24.3 Å². The number of carboxylic acid groups (broad SMARTS) is 1. The van der Waals surface area contributed by atoms with Crippen molar-refractivity contribution in [3.8, 4) is 11.8 Å². The Bertz CT molecular complexity index is 1450. The number of aliphatic imine (C=N–C) groups is 1. The molecular weight excluding hydrogens is 512 g/mol. The number of sulfonamides is 1. The van der Waals surface area contributed by atoms with Crippen molar-refractivity contribution in [1.82, 2.24) is 9.62 Å². The standard InChI is InChI=1S/C26H28N4O7S/c1-26(2,3)37-25(34)27-13-7-9-17-8-5-12-21-23(17)20(24(33)29-21)15-28-18-10-6-11-19(14-18)38(35,36)30(4)16-22(31)32/h5-6,8,10-12,14-15,20H,13,16H2,1-4H3,(H,27,34)(H,29,33)(H,31,32). The summed E-state index contributed by atoms with van der Waals surface area (Å²) in [4.78, 5) is 39.6. The molecule has 0 radical (unpaired) electrons. The molecule has 0 bridgehead atoms. The predicted molar refractivity (Wildman–Crippen MR) is 141 cm³/mol. The highest BCUT2D eigenvalue weighted by atomic mass is 32.2. The molecular formula is C26H28N4O7S. The summed E-state index contributed by atoms with van der Waals surface area (Å²) in [5.41, 5.74) is 1.38. The summed E-state index contributed by atoms with van der Waals surface area (Å²) in [7, 11) is -2.88. The second kappa shape index (κ2) is 11.5. The molecule has 0 saturated carbocycles. The van der Waals surface area contributed by atoms with Crippen LogP contribution in [0.5, 0.6) is 0 Å². The maximum Gasteiger partial charge on any atom is 0.408 e. The van der Waals surface area contributed by atoms with Gasteiger partial charge in [-0.3, -0.25) is 14.6 Å². The van der Waals surface area contributed by atoms with Crippen LogP contribution < -0.4 is 10.6 Å². The lowest BCUT2D eigenvalue weighted by atomic mass is 9.96. The quantitative estimate of drug-likeness (QED) is 0.360. The van der Waals surface area contributed by atoms with Gasteiger partial charge in [-0.05, 0) is 51.1 Å². The van der Waals surface area contributed by atoms with E-state index < -0.39 is 40.1 Å². The number of benzene rings is 2. The first kappa shape index (κ1) is 28.4. The Kier molecular flexibility index (Phi) is 8.55. The molecule has 38 heavy (non-hydrogen) atoms. The van der Waals surface area contributed by atoms with Gasteiger partial charge in [0.15, 0.2) is 0 Å². The van der Waals surface area contributed by atoms with Gasteiger partial charge in [0.1, 0.15) is 18.1 Å². The summed E-state index contributed by atoms with van der Waals surface area (Å²) in [6, 6.07) is 10.9. The van der Waals surface area contributed by atoms with Crippen molar-refractivity contribution in [2.75, 3.05) is 25.5 Å². The van der Waals surface area contributed by atoms with Gasteiger partial charge in [-0.25, -0.2) is 13.2 Å². The number of hydrogen-bond donors (Lipinski definition) is 3. The van der Waals surface area contributed by atoms with Crippen molar-refractivity contribution in [3.05, 3.63) is 53.6 Å². The summed E-state index contributed by atoms with van der Waals surface area (Å²) in [5.74, 6) is 3.41. The highest BCUT2D eigenvalue weighted by Gasteiger charge is 2.31. The normalized spacial score (nSPS) is 15.0. The number of fused-ring (bicyclic) bond motifs is 1. The molecule has 2 aromatic carbocycles. The van der Waals surface area contributed by atoms with Crippen LogP contribution in [0.4, 0.5) is 16.2 Å². The van der Waals surface area contributed by atoms with Crippen LogP contribution in [0.3, 0.4) is 0 Å². The van der Waals surface area contributed by atoms with Gasteiger partial charge in [-0.1, -0.05) is 24.0 Å². The molecule has 3 rings (SSSR count). The van der Waals surface area contributed by atoms with E-state index in [1.807, 2.05) is 0 Å². The van der Waals surface area contributed by atoms with Crippen LogP contribution in [-0.4, -0.2) is 67.8 Å². The van der Waals surface area contributed by atoms with E-state index in [0.717, 1.165) is 4.31 Å². The zero-order chi connectivity index (χ0) is 28.1.